The van der Waals surface area contributed by atoms with Crippen LogP contribution in [-0.2, 0) is 30.1 Å². The van der Waals surface area contributed by atoms with Gasteiger partial charge in [0.1, 0.15) is 0 Å². The van der Waals surface area contributed by atoms with Crippen LogP contribution >= 0.6 is 11.8 Å². The Balaban J connectivity index is 3.13. The molecular formula is C6H13O7S3-. The van der Waals surface area contributed by atoms with Gasteiger partial charge < -0.3 is 8.74 Å². The quantitative estimate of drug-likeness (QED) is 0.343. The van der Waals surface area contributed by atoms with Gasteiger partial charge in [0, 0.05) is 0 Å². The fourth-order valence-electron chi connectivity index (χ4n) is 0.715. The summed E-state index contributed by atoms with van der Waals surface area (Å²) in [6.45, 7) is 0.0809. The van der Waals surface area contributed by atoms with Gasteiger partial charge in [0.05, 0.1) is 24.6 Å². The highest BCUT2D eigenvalue weighted by Gasteiger charge is 2.02. The molecule has 1 N–H and O–H groups in total. The third-order valence-corrected chi connectivity index (χ3v) is 3.26. The van der Waals surface area contributed by atoms with Crippen molar-refractivity contribution in [1.82, 2.24) is 0 Å². The maximum Gasteiger partial charge on any atom is 0.397 e. The molecule has 0 aliphatic carbocycles. The molecule has 7 nitrogen and oxygen atoms in total. The van der Waals surface area contributed by atoms with Crippen molar-refractivity contribution in [2.75, 3.05) is 24.7 Å². The fourth-order valence-corrected chi connectivity index (χ4v) is 2.15. The van der Waals surface area contributed by atoms with Crippen LogP contribution < -0.4 is 0 Å². The van der Waals surface area contributed by atoms with Gasteiger partial charge >= 0.3 is 10.4 Å². The van der Waals surface area contributed by atoms with Crippen LogP contribution in [-0.4, -0.2) is 46.5 Å². The molecule has 0 aliphatic rings. The second-order valence-electron chi connectivity index (χ2n) is 2.60. The summed E-state index contributed by atoms with van der Waals surface area (Å²) in [6.07, 6.45) is 1.08. The lowest BCUT2D eigenvalue weighted by molar-refractivity contribution is 0.270. The Morgan fingerprint density at radius 2 is 1.81 bits per heavy atom. The highest BCUT2D eigenvalue weighted by atomic mass is 32.3. The topological polar surface area (TPSA) is 113 Å². The molecule has 0 saturated carbocycles. The molecule has 0 amide bonds. The molecule has 0 spiro atoms. The van der Waals surface area contributed by atoms with Gasteiger partial charge in [-0.2, -0.15) is 20.2 Å². The van der Waals surface area contributed by atoms with Crippen LogP contribution in [0.5, 0.6) is 0 Å². The van der Waals surface area contributed by atoms with Gasteiger partial charge in [0.25, 0.3) is 0 Å². The molecule has 98 valence electrons. The second kappa shape index (κ2) is 9.33. The summed E-state index contributed by atoms with van der Waals surface area (Å²) >= 11 is -0.941. The average Bonchev–Trinajstić information content (AvgIpc) is 2.13. The summed E-state index contributed by atoms with van der Waals surface area (Å²) < 4.78 is 56.7. The maximum atomic E-state index is 10.1. The van der Waals surface area contributed by atoms with E-state index in [1.807, 2.05) is 0 Å². The standard InChI is InChI=1S/C6H14O7S3/c7-15(8)12-3-1-5-14-6-2-4-13-16(9,10)11/h1-6H2,(H,7,8)(H,9,10,11)/p-1. The lowest BCUT2D eigenvalue weighted by Crippen LogP contribution is -2.05. The Morgan fingerprint density at radius 3 is 2.31 bits per heavy atom. The van der Waals surface area contributed by atoms with Crippen molar-refractivity contribution in [1.29, 1.82) is 0 Å². The van der Waals surface area contributed by atoms with E-state index in [4.69, 9.17) is 4.55 Å². The minimum absolute atomic E-state index is 0.0626. The SMILES string of the molecule is O=S([O-])OCCCSCCCOS(=O)(=O)O. The third-order valence-electron chi connectivity index (χ3n) is 1.28. The molecule has 0 heterocycles. The zero-order valence-electron chi connectivity index (χ0n) is 8.36. The van der Waals surface area contributed by atoms with Crippen LogP contribution in [0.25, 0.3) is 0 Å². The molecule has 1 atom stereocenters. The van der Waals surface area contributed by atoms with Gasteiger partial charge in [0.15, 0.2) is 0 Å². The van der Waals surface area contributed by atoms with Crippen LogP contribution in [0.1, 0.15) is 12.8 Å². The van der Waals surface area contributed by atoms with Crippen molar-refractivity contribution >= 4 is 33.5 Å². The molecular weight excluding hydrogens is 280 g/mol. The molecule has 0 saturated heterocycles. The van der Waals surface area contributed by atoms with Crippen molar-refractivity contribution in [2.24, 2.45) is 0 Å². The van der Waals surface area contributed by atoms with E-state index >= 15 is 0 Å². The van der Waals surface area contributed by atoms with Gasteiger partial charge in [-0.1, -0.05) is 0 Å². The Bertz CT molecular complexity index is 288. The lowest BCUT2D eigenvalue weighted by Gasteiger charge is -2.05. The van der Waals surface area contributed by atoms with Crippen molar-refractivity contribution in [3.63, 3.8) is 0 Å². The molecule has 16 heavy (non-hydrogen) atoms. The van der Waals surface area contributed by atoms with Crippen molar-refractivity contribution < 1.29 is 30.1 Å². The van der Waals surface area contributed by atoms with Crippen LogP contribution in [0.2, 0.25) is 0 Å². The Kier molecular flexibility index (Phi) is 9.50. The molecule has 10 heteroatoms. The maximum absolute atomic E-state index is 10.1. The largest absolute Gasteiger partial charge is 0.750 e. The summed E-state index contributed by atoms with van der Waals surface area (Å²) in [7, 11) is -4.33. The highest BCUT2D eigenvalue weighted by Crippen LogP contribution is 2.05. The summed E-state index contributed by atoms with van der Waals surface area (Å²) in [4.78, 5) is 0. The first-order chi connectivity index (χ1) is 7.42. The van der Waals surface area contributed by atoms with Crippen molar-refractivity contribution in [2.45, 2.75) is 12.8 Å². The third kappa shape index (κ3) is 14.3. The number of hydrogen-bond donors (Lipinski definition) is 1. The molecule has 0 aromatic rings. The Labute approximate surface area is 101 Å². The molecule has 0 aliphatic heterocycles. The second-order valence-corrected chi connectivity index (χ2v) is 5.56. The molecule has 0 aromatic carbocycles. The van der Waals surface area contributed by atoms with E-state index in [-0.39, 0.29) is 13.2 Å². The van der Waals surface area contributed by atoms with Crippen LogP contribution in [0, 0.1) is 0 Å². The van der Waals surface area contributed by atoms with E-state index in [0.29, 0.717) is 24.3 Å². The van der Waals surface area contributed by atoms with E-state index in [1.165, 1.54) is 11.8 Å². The predicted molar refractivity (Wildman–Crippen MR) is 58.9 cm³/mol. The fraction of sp³-hybridized carbons (Fsp3) is 1.00. The molecule has 0 fully saturated rings. The average molecular weight is 293 g/mol. The number of thioether (sulfide) groups is 1. The van der Waals surface area contributed by atoms with Gasteiger partial charge in [0.2, 0.25) is 0 Å². The van der Waals surface area contributed by atoms with Crippen molar-refractivity contribution in [3.8, 4) is 0 Å². The molecule has 1 unspecified atom stereocenters. The Morgan fingerprint density at radius 1 is 1.25 bits per heavy atom. The van der Waals surface area contributed by atoms with Gasteiger partial charge in [-0.15, -0.1) is 0 Å². The lowest BCUT2D eigenvalue weighted by atomic mass is 10.5. The van der Waals surface area contributed by atoms with Gasteiger partial charge in [-0.05, 0) is 24.3 Å². The number of rotatable bonds is 10. The van der Waals surface area contributed by atoms with E-state index in [0.717, 1.165) is 0 Å². The summed E-state index contributed by atoms with van der Waals surface area (Å²) in [6, 6.07) is 0. The molecule has 0 bridgehead atoms. The first-order valence-corrected chi connectivity index (χ1v) is 7.86. The van der Waals surface area contributed by atoms with Crippen molar-refractivity contribution in [3.05, 3.63) is 0 Å². The predicted octanol–water partition coefficient (Wildman–Crippen LogP) is 0.130. The van der Waals surface area contributed by atoms with E-state index < -0.39 is 21.8 Å². The van der Waals surface area contributed by atoms with E-state index in [9.17, 15) is 17.2 Å². The van der Waals surface area contributed by atoms with Crippen LogP contribution in [0.4, 0.5) is 0 Å². The van der Waals surface area contributed by atoms with E-state index in [1.54, 1.807) is 0 Å². The monoisotopic (exact) mass is 293 g/mol. The molecule has 0 rings (SSSR count). The summed E-state index contributed by atoms with van der Waals surface area (Å²) in [5.41, 5.74) is 0. The van der Waals surface area contributed by atoms with Gasteiger partial charge in [-0.25, -0.2) is 8.39 Å². The summed E-state index contributed by atoms with van der Waals surface area (Å²) in [5.74, 6) is 1.37. The smallest absolute Gasteiger partial charge is 0.397 e. The highest BCUT2D eigenvalue weighted by molar-refractivity contribution is 7.99. The first-order valence-electron chi connectivity index (χ1n) is 4.34. The molecule has 0 radical (unpaired) electrons. The Hall–Kier alpha value is 0.290. The minimum atomic E-state index is -4.33. The number of hydrogen-bond acceptors (Lipinski definition) is 7. The zero-order chi connectivity index (χ0) is 12.4. The summed E-state index contributed by atoms with van der Waals surface area (Å²) in [5, 5.41) is 0. The zero-order valence-corrected chi connectivity index (χ0v) is 10.8. The van der Waals surface area contributed by atoms with Crippen LogP contribution in [0.15, 0.2) is 0 Å². The van der Waals surface area contributed by atoms with E-state index in [2.05, 4.69) is 8.37 Å². The first kappa shape index (κ1) is 16.3. The van der Waals surface area contributed by atoms with Gasteiger partial charge in [-0.3, -0.25) is 4.55 Å². The minimum Gasteiger partial charge on any atom is -0.750 e. The normalized spacial score (nSPS) is 13.9. The van der Waals surface area contributed by atoms with Crippen LogP contribution in [0.3, 0.4) is 0 Å². The molecule has 0 aromatic heterocycles.